The number of thiophene rings is 1. The third-order valence-corrected chi connectivity index (χ3v) is 5.05. The molecule has 0 radical (unpaired) electrons. The van der Waals surface area contributed by atoms with Crippen LogP contribution in [0, 0.1) is 6.92 Å². The molecule has 7 heteroatoms. The number of hydrogen-bond acceptors (Lipinski definition) is 5. The molecule has 2 amide bonds. The van der Waals surface area contributed by atoms with Gasteiger partial charge in [-0.2, -0.15) is 11.3 Å². The normalized spacial score (nSPS) is 16.0. The maximum Gasteiger partial charge on any atom is 0.313 e. The van der Waals surface area contributed by atoms with Gasteiger partial charge in [-0.25, -0.2) is 0 Å². The first-order chi connectivity index (χ1) is 12.6. The first-order valence-corrected chi connectivity index (χ1v) is 9.57. The zero-order chi connectivity index (χ0) is 18.4. The number of benzene rings is 1. The summed E-state index contributed by atoms with van der Waals surface area (Å²) in [5.74, 6) is -1.28. The van der Waals surface area contributed by atoms with Crippen LogP contribution in [-0.2, 0) is 14.3 Å². The first kappa shape index (κ1) is 18.6. The summed E-state index contributed by atoms with van der Waals surface area (Å²) in [6.07, 6.45) is 0. The van der Waals surface area contributed by atoms with E-state index in [0.717, 1.165) is 24.2 Å². The Balaban J connectivity index is 1.59. The molecule has 2 N–H and O–H groups in total. The highest BCUT2D eigenvalue weighted by Gasteiger charge is 2.24. The van der Waals surface area contributed by atoms with Gasteiger partial charge in [-0.1, -0.05) is 12.1 Å². The Kier molecular flexibility index (Phi) is 6.38. The highest BCUT2D eigenvalue weighted by Crippen LogP contribution is 2.23. The minimum absolute atomic E-state index is 0.0425. The Morgan fingerprint density at radius 2 is 2.04 bits per heavy atom. The second kappa shape index (κ2) is 8.93. The summed E-state index contributed by atoms with van der Waals surface area (Å²) in [6, 6.07) is 9.47. The molecule has 26 heavy (non-hydrogen) atoms. The molecule has 1 atom stereocenters. The van der Waals surface area contributed by atoms with Gasteiger partial charge in [0.15, 0.2) is 0 Å². The molecule has 2 aromatic rings. The zero-order valence-electron chi connectivity index (χ0n) is 14.7. The molecule has 6 nitrogen and oxygen atoms in total. The smallest absolute Gasteiger partial charge is 0.313 e. The summed E-state index contributed by atoms with van der Waals surface area (Å²) < 4.78 is 5.42. The lowest BCUT2D eigenvalue weighted by molar-refractivity contribution is -0.136. The number of morpholine rings is 1. The van der Waals surface area contributed by atoms with Gasteiger partial charge in [-0.3, -0.25) is 14.5 Å². The third-order valence-electron chi connectivity index (χ3n) is 4.35. The van der Waals surface area contributed by atoms with Crippen LogP contribution in [0.3, 0.4) is 0 Å². The number of amides is 2. The van der Waals surface area contributed by atoms with Crippen molar-refractivity contribution in [3.63, 3.8) is 0 Å². The van der Waals surface area contributed by atoms with Gasteiger partial charge in [0.05, 0.1) is 19.3 Å². The van der Waals surface area contributed by atoms with Gasteiger partial charge in [0.25, 0.3) is 0 Å². The number of carbonyl (C=O) groups excluding carboxylic acids is 2. The SMILES string of the molecule is Cc1cccc(NC(=O)C(=O)NCC(c2ccsc2)N2CCOCC2)c1. The molecule has 1 unspecified atom stereocenters. The van der Waals surface area contributed by atoms with Gasteiger partial charge in [0, 0.05) is 25.3 Å². The van der Waals surface area contributed by atoms with Crippen molar-refractivity contribution in [1.82, 2.24) is 10.2 Å². The van der Waals surface area contributed by atoms with Gasteiger partial charge < -0.3 is 15.4 Å². The fourth-order valence-electron chi connectivity index (χ4n) is 2.99. The first-order valence-electron chi connectivity index (χ1n) is 8.63. The number of anilines is 1. The molecule has 138 valence electrons. The fourth-order valence-corrected chi connectivity index (χ4v) is 3.70. The molecule has 0 bridgehead atoms. The number of nitrogens with one attached hydrogen (secondary N) is 2. The van der Waals surface area contributed by atoms with E-state index in [0.29, 0.717) is 25.4 Å². The van der Waals surface area contributed by atoms with Crippen molar-refractivity contribution >= 4 is 28.8 Å². The van der Waals surface area contributed by atoms with Crippen molar-refractivity contribution in [2.24, 2.45) is 0 Å². The summed E-state index contributed by atoms with van der Waals surface area (Å²) in [5, 5.41) is 9.52. The molecule has 3 rings (SSSR count). The maximum atomic E-state index is 12.2. The molecule has 1 fully saturated rings. The molecule has 0 spiro atoms. The summed E-state index contributed by atoms with van der Waals surface area (Å²) in [4.78, 5) is 26.7. The Morgan fingerprint density at radius 1 is 1.23 bits per heavy atom. The standard InChI is InChI=1S/C19H23N3O3S/c1-14-3-2-4-16(11-14)21-19(24)18(23)20-12-17(15-5-10-26-13-15)22-6-8-25-9-7-22/h2-5,10-11,13,17H,6-9,12H2,1H3,(H,20,23)(H,21,24). The van der Waals surface area contributed by atoms with E-state index < -0.39 is 11.8 Å². The van der Waals surface area contributed by atoms with Crippen molar-refractivity contribution in [2.45, 2.75) is 13.0 Å². The average Bonchev–Trinajstić information content (AvgIpc) is 3.17. The molecule has 1 aliphatic heterocycles. The van der Waals surface area contributed by atoms with Crippen molar-refractivity contribution in [3.8, 4) is 0 Å². The number of hydrogen-bond donors (Lipinski definition) is 2. The minimum Gasteiger partial charge on any atom is -0.379 e. The Bertz CT molecular complexity index is 742. The lowest BCUT2D eigenvalue weighted by Gasteiger charge is -2.34. The lowest BCUT2D eigenvalue weighted by Crippen LogP contribution is -2.45. The quantitative estimate of drug-likeness (QED) is 0.788. The van der Waals surface area contributed by atoms with Gasteiger partial charge in [-0.05, 0) is 47.0 Å². The number of carbonyl (C=O) groups is 2. The van der Waals surface area contributed by atoms with E-state index in [1.54, 1.807) is 17.4 Å². The summed E-state index contributed by atoms with van der Waals surface area (Å²) in [7, 11) is 0. The van der Waals surface area contributed by atoms with Crippen LogP contribution in [-0.4, -0.2) is 49.6 Å². The Morgan fingerprint density at radius 3 is 2.73 bits per heavy atom. The van der Waals surface area contributed by atoms with E-state index in [9.17, 15) is 9.59 Å². The third kappa shape index (κ3) is 4.91. The van der Waals surface area contributed by atoms with Crippen molar-refractivity contribution < 1.29 is 14.3 Å². The summed E-state index contributed by atoms with van der Waals surface area (Å²) in [5.41, 5.74) is 2.79. The molecular formula is C19H23N3O3S. The van der Waals surface area contributed by atoms with E-state index in [2.05, 4.69) is 27.0 Å². The van der Waals surface area contributed by atoms with E-state index in [1.807, 2.05) is 30.5 Å². The van der Waals surface area contributed by atoms with Crippen LogP contribution in [0.2, 0.25) is 0 Å². The molecule has 0 aliphatic carbocycles. The van der Waals surface area contributed by atoms with Crippen LogP contribution in [0.1, 0.15) is 17.2 Å². The van der Waals surface area contributed by atoms with Crippen LogP contribution in [0.15, 0.2) is 41.1 Å². The van der Waals surface area contributed by atoms with Crippen LogP contribution in [0.25, 0.3) is 0 Å². The molecule has 1 aromatic carbocycles. The van der Waals surface area contributed by atoms with Crippen molar-refractivity contribution in [2.75, 3.05) is 38.2 Å². The summed E-state index contributed by atoms with van der Waals surface area (Å²) in [6.45, 7) is 5.31. The highest BCUT2D eigenvalue weighted by molar-refractivity contribution is 7.08. The zero-order valence-corrected chi connectivity index (χ0v) is 15.6. The molecule has 2 heterocycles. The monoisotopic (exact) mass is 373 g/mol. The van der Waals surface area contributed by atoms with E-state index in [1.165, 1.54) is 0 Å². The molecule has 1 aliphatic rings. The Hall–Kier alpha value is -2.22. The minimum atomic E-state index is -0.651. The van der Waals surface area contributed by atoms with Crippen LogP contribution in [0.5, 0.6) is 0 Å². The molecular weight excluding hydrogens is 350 g/mol. The van der Waals surface area contributed by atoms with Gasteiger partial charge in [0.1, 0.15) is 0 Å². The van der Waals surface area contributed by atoms with E-state index in [-0.39, 0.29) is 6.04 Å². The van der Waals surface area contributed by atoms with Gasteiger partial charge in [0.2, 0.25) is 0 Å². The van der Waals surface area contributed by atoms with Gasteiger partial charge >= 0.3 is 11.8 Å². The van der Waals surface area contributed by atoms with Crippen LogP contribution in [0.4, 0.5) is 5.69 Å². The number of rotatable bonds is 5. The maximum absolute atomic E-state index is 12.2. The highest BCUT2D eigenvalue weighted by atomic mass is 32.1. The second-order valence-corrected chi connectivity index (χ2v) is 7.03. The van der Waals surface area contributed by atoms with Crippen molar-refractivity contribution in [1.29, 1.82) is 0 Å². The van der Waals surface area contributed by atoms with Crippen LogP contribution >= 0.6 is 11.3 Å². The van der Waals surface area contributed by atoms with Gasteiger partial charge in [-0.15, -0.1) is 0 Å². The average molecular weight is 373 g/mol. The molecule has 1 aromatic heterocycles. The topological polar surface area (TPSA) is 70.7 Å². The molecule has 0 saturated carbocycles. The predicted octanol–water partition coefficient (Wildman–Crippen LogP) is 2.18. The lowest BCUT2D eigenvalue weighted by atomic mass is 10.1. The number of aryl methyl sites for hydroxylation is 1. The number of nitrogens with zero attached hydrogens (tertiary/aromatic N) is 1. The van der Waals surface area contributed by atoms with E-state index in [4.69, 9.17) is 4.74 Å². The Labute approximate surface area is 157 Å². The largest absolute Gasteiger partial charge is 0.379 e. The summed E-state index contributed by atoms with van der Waals surface area (Å²) >= 11 is 1.63. The predicted molar refractivity (Wildman–Crippen MR) is 102 cm³/mol. The number of ether oxygens (including phenoxy) is 1. The van der Waals surface area contributed by atoms with Crippen LogP contribution < -0.4 is 10.6 Å². The molecule has 1 saturated heterocycles. The van der Waals surface area contributed by atoms with E-state index >= 15 is 0 Å². The fraction of sp³-hybridized carbons (Fsp3) is 0.368. The second-order valence-electron chi connectivity index (χ2n) is 6.25. The van der Waals surface area contributed by atoms with Crippen molar-refractivity contribution in [3.05, 3.63) is 52.2 Å².